The van der Waals surface area contributed by atoms with Crippen molar-refractivity contribution >= 4 is 11.9 Å². The molecule has 1 rings (SSSR count). The number of quaternary nitrogens is 1. The van der Waals surface area contributed by atoms with Crippen LogP contribution in [0.5, 0.6) is 0 Å². The van der Waals surface area contributed by atoms with E-state index in [9.17, 15) is 9.59 Å². The third kappa shape index (κ3) is 7.32. The lowest BCUT2D eigenvalue weighted by Gasteiger charge is -2.44. The van der Waals surface area contributed by atoms with Gasteiger partial charge in [0, 0.05) is 6.42 Å². The number of hydrogen-bond donors (Lipinski definition) is 1. The van der Waals surface area contributed by atoms with Crippen LogP contribution in [0.15, 0.2) is 42.6 Å². The zero-order valence-electron chi connectivity index (χ0n) is 19.5. The first-order valence-electron chi connectivity index (χ1n) is 10.3. The van der Waals surface area contributed by atoms with E-state index in [2.05, 4.69) is 46.8 Å². The first kappa shape index (κ1) is 24.9. The number of carbonyl (C=O) groups excluding carboxylic acids is 2. The van der Waals surface area contributed by atoms with Crippen molar-refractivity contribution in [2.75, 3.05) is 14.1 Å². The van der Waals surface area contributed by atoms with Crippen molar-refractivity contribution in [3.8, 4) is 0 Å². The Morgan fingerprint density at radius 1 is 1.10 bits per heavy atom. The van der Waals surface area contributed by atoms with E-state index in [1.54, 1.807) is 0 Å². The first-order chi connectivity index (χ1) is 13.2. The predicted molar refractivity (Wildman–Crippen MR) is 118 cm³/mol. The number of rotatable bonds is 9. The largest absolute Gasteiger partial charge is 0.458 e. The molecule has 0 fully saturated rings. The van der Waals surface area contributed by atoms with Crippen LogP contribution in [0.2, 0.25) is 0 Å². The Morgan fingerprint density at radius 2 is 1.66 bits per heavy atom. The number of nitrogens with zero attached hydrogens (tertiary/aromatic N) is 1. The molecule has 0 aromatic heterocycles. The molecule has 0 heterocycles. The normalized spacial score (nSPS) is 13.5. The number of ether oxygens (including phenoxy) is 1. The zero-order chi connectivity index (χ0) is 22.5. The maximum atomic E-state index is 12.8. The standard InChI is InChI=1S/C24H38N2O3/c1-10-24(6,7)26(8,9)18(2)16-21(27)25-20(22(28)29-23(3,4)5)17-19-14-12-11-13-15-19/h11-15,20H,2,10,16-17H2,1,3-9H3/p+1. The number of esters is 1. The molecule has 0 aliphatic heterocycles. The highest BCUT2D eigenvalue weighted by molar-refractivity contribution is 5.85. The summed E-state index contributed by atoms with van der Waals surface area (Å²) in [5.74, 6) is -0.650. The number of nitrogens with one attached hydrogen (secondary N) is 1. The third-order valence-corrected chi connectivity index (χ3v) is 5.84. The maximum Gasteiger partial charge on any atom is 0.329 e. The van der Waals surface area contributed by atoms with Crippen LogP contribution in [0.3, 0.4) is 0 Å². The van der Waals surface area contributed by atoms with E-state index < -0.39 is 17.6 Å². The Labute approximate surface area is 176 Å². The Balaban J connectivity index is 2.93. The van der Waals surface area contributed by atoms with Gasteiger partial charge in [0.05, 0.1) is 19.6 Å². The molecule has 0 aliphatic carbocycles. The minimum atomic E-state index is -0.744. The summed E-state index contributed by atoms with van der Waals surface area (Å²) in [6.45, 7) is 16.1. The summed E-state index contributed by atoms with van der Waals surface area (Å²) in [7, 11) is 4.13. The van der Waals surface area contributed by atoms with Gasteiger partial charge in [-0.05, 0) is 53.2 Å². The lowest BCUT2D eigenvalue weighted by Crippen LogP contribution is -2.55. The molecule has 0 saturated carbocycles. The number of benzene rings is 1. The van der Waals surface area contributed by atoms with Crippen LogP contribution in [0.1, 0.15) is 59.9 Å². The molecule has 0 spiro atoms. The molecule has 5 heteroatoms. The average Bonchev–Trinajstić information content (AvgIpc) is 2.60. The molecule has 1 unspecified atom stereocenters. The van der Waals surface area contributed by atoms with E-state index in [1.807, 2.05) is 51.1 Å². The lowest BCUT2D eigenvalue weighted by molar-refractivity contribution is -0.903. The second kappa shape index (κ2) is 9.57. The van der Waals surface area contributed by atoms with E-state index >= 15 is 0 Å². The van der Waals surface area contributed by atoms with E-state index in [0.717, 1.165) is 17.7 Å². The van der Waals surface area contributed by atoms with Gasteiger partial charge in [0.25, 0.3) is 0 Å². The summed E-state index contributed by atoms with van der Waals surface area (Å²) in [5, 5.41) is 2.88. The SMILES string of the molecule is C=C(CC(=O)NC(Cc1ccccc1)C(=O)OC(C)(C)C)[N+](C)(C)C(C)(C)CC. The minimum absolute atomic E-state index is 0.0496. The number of carbonyl (C=O) groups is 2. The summed E-state index contributed by atoms with van der Waals surface area (Å²) in [6.07, 6.45) is 1.49. The Bertz CT molecular complexity index is 715. The molecule has 29 heavy (non-hydrogen) atoms. The zero-order valence-corrected chi connectivity index (χ0v) is 19.5. The second-order valence-electron chi connectivity index (χ2n) is 9.71. The van der Waals surface area contributed by atoms with Crippen LogP contribution in [-0.2, 0) is 20.7 Å². The molecule has 1 N–H and O–H groups in total. The monoisotopic (exact) mass is 403 g/mol. The third-order valence-electron chi connectivity index (χ3n) is 5.84. The van der Waals surface area contributed by atoms with Crippen molar-refractivity contribution in [2.45, 2.75) is 78.0 Å². The van der Waals surface area contributed by atoms with Gasteiger partial charge in [-0.3, -0.25) is 9.28 Å². The molecule has 0 aliphatic rings. The van der Waals surface area contributed by atoms with E-state index in [4.69, 9.17) is 4.74 Å². The molecule has 0 bridgehead atoms. The van der Waals surface area contributed by atoms with Gasteiger partial charge in [-0.2, -0.15) is 0 Å². The molecule has 0 radical (unpaired) electrons. The molecular formula is C24H39N2O3+. The predicted octanol–water partition coefficient (Wildman–Crippen LogP) is 4.22. The van der Waals surface area contributed by atoms with Gasteiger partial charge in [0.2, 0.25) is 5.91 Å². The quantitative estimate of drug-likeness (QED) is 0.496. The summed E-state index contributed by atoms with van der Waals surface area (Å²) < 4.78 is 6.07. The van der Waals surface area contributed by atoms with Crippen molar-refractivity contribution in [3.63, 3.8) is 0 Å². The van der Waals surface area contributed by atoms with Crippen molar-refractivity contribution in [2.24, 2.45) is 0 Å². The molecule has 1 amide bonds. The van der Waals surface area contributed by atoms with Crippen LogP contribution in [0.4, 0.5) is 0 Å². The highest BCUT2D eigenvalue weighted by Gasteiger charge is 2.38. The van der Waals surface area contributed by atoms with E-state index in [1.165, 1.54) is 0 Å². The van der Waals surface area contributed by atoms with E-state index in [0.29, 0.717) is 10.9 Å². The fourth-order valence-electron chi connectivity index (χ4n) is 2.87. The second-order valence-corrected chi connectivity index (χ2v) is 9.71. The molecule has 162 valence electrons. The van der Waals surface area contributed by atoms with Crippen molar-refractivity contribution in [1.82, 2.24) is 5.32 Å². The van der Waals surface area contributed by atoms with Crippen LogP contribution in [-0.4, -0.2) is 47.6 Å². The molecule has 1 aromatic rings. The highest BCUT2D eigenvalue weighted by Crippen LogP contribution is 2.30. The van der Waals surface area contributed by atoms with Gasteiger partial charge in [0.15, 0.2) is 0 Å². The van der Waals surface area contributed by atoms with Crippen molar-refractivity contribution in [1.29, 1.82) is 0 Å². The molecular weight excluding hydrogens is 364 g/mol. The highest BCUT2D eigenvalue weighted by atomic mass is 16.6. The topological polar surface area (TPSA) is 55.4 Å². The summed E-state index contributed by atoms with van der Waals surface area (Å²) in [4.78, 5) is 25.5. The summed E-state index contributed by atoms with van der Waals surface area (Å²) in [5.41, 5.74) is 1.10. The summed E-state index contributed by atoms with van der Waals surface area (Å²) in [6, 6.07) is 8.88. The average molecular weight is 404 g/mol. The fourth-order valence-corrected chi connectivity index (χ4v) is 2.87. The molecule has 1 aromatic carbocycles. The molecule has 0 saturated heterocycles. The van der Waals surface area contributed by atoms with Gasteiger partial charge in [-0.25, -0.2) is 4.79 Å². The van der Waals surface area contributed by atoms with Crippen LogP contribution < -0.4 is 5.32 Å². The van der Waals surface area contributed by atoms with Gasteiger partial charge in [0.1, 0.15) is 23.8 Å². The smallest absolute Gasteiger partial charge is 0.329 e. The first-order valence-corrected chi connectivity index (χ1v) is 10.3. The van der Waals surface area contributed by atoms with Gasteiger partial charge < -0.3 is 10.1 Å². The van der Waals surface area contributed by atoms with Crippen LogP contribution >= 0.6 is 0 Å². The van der Waals surface area contributed by atoms with Crippen LogP contribution in [0, 0.1) is 0 Å². The van der Waals surface area contributed by atoms with E-state index in [-0.39, 0.29) is 17.9 Å². The van der Waals surface area contributed by atoms with Gasteiger partial charge in [-0.15, -0.1) is 0 Å². The number of amides is 1. The van der Waals surface area contributed by atoms with Gasteiger partial charge in [-0.1, -0.05) is 37.3 Å². The Morgan fingerprint density at radius 3 is 2.14 bits per heavy atom. The Hall–Kier alpha value is -2.14. The lowest BCUT2D eigenvalue weighted by atomic mass is 9.95. The fraction of sp³-hybridized carbons (Fsp3) is 0.583. The summed E-state index contributed by atoms with van der Waals surface area (Å²) >= 11 is 0. The van der Waals surface area contributed by atoms with Crippen molar-refractivity contribution < 1.29 is 18.8 Å². The van der Waals surface area contributed by atoms with Crippen molar-refractivity contribution in [3.05, 3.63) is 48.2 Å². The maximum absolute atomic E-state index is 12.8. The number of hydrogen-bond acceptors (Lipinski definition) is 3. The minimum Gasteiger partial charge on any atom is -0.458 e. The van der Waals surface area contributed by atoms with Crippen LogP contribution in [0.25, 0.3) is 0 Å². The molecule has 5 nitrogen and oxygen atoms in total. The Kier molecular flexibility index (Phi) is 8.22. The van der Waals surface area contributed by atoms with Gasteiger partial charge >= 0.3 is 5.97 Å². The molecule has 1 atom stereocenters.